The van der Waals surface area contributed by atoms with Gasteiger partial charge in [0.25, 0.3) is 0 Å². The van der Waals surface area contributed by atoms with Crippen LogP contribution >= 0.6 is 0 Å². The molecule has 1 saturated heterocycles. The van der Waals surface area contributed by atoms with Crippen LogP contribution in [0.1, 0.15) is 40.0 Å². The van der Waals surface area contributed by atoms with E-state index in [1.54, 1.807) is 4.31 Å². The van der Waals surface area contributed by atoms with Crippen LogP contribution in [0.15, 0.2) is 0 Å². The minimum atomic E-state index is -3.14. The number of hydrogen-bond donors (Lipinski definition) is 2. The predicted molar refractivity (Wildman–Crippen MR) is 74.1 cm³/mol. The Morgan fingerprint density at radius 1 is 1.33 bits per heavy atom. The molecule has 0 radical (unpaired) electrons. The normalized spacial score (nSPS) is 19.9. The lowest BCUT2D eigenvalue weighted by molar-refractivity contribution is 0.310. The molecule has 0 aromatic rings. The minimum absolute atomic E-state index is 0.0325. The monoisotopic (exact) mass is 275 g/mol. The highest BCUT2D eigenvalue weighted by Gasteiger charge is 2.29. The van der Waals surface area contributed by atoms with Crippen molar-refractivity contribution in [1.82, 2.24) is 4.31 Å². The van der Waals surface area contributed by atoms with Crippen LogP contribution < -0.4 is 5.73 Å². The summed E-state index contributed by atoms with van der Waals surface area (Å²) >= 11 is 0. The predicted octanol–water partition coefficient (Wildman–Crippen LogP) is 1.40. The molecule has 5 nitrogen and oxygen atoms in total. The molecule has 0 aromatic carbocycles. The molecule has 1 aliphatic heterocycles. The number of hydrogen-bond acceptors (Lipinski definition) is 3. The standard InChI is InChI=1S/C12H25N3O2S/c1-12(2,3)6-9-18(16,17)15-7-4-10(5-8-15)11(13)14/h10H,4-9H2,1-3H3,(H3,13,14). The van der Waals surface area contributed by atoms with Crippen LogP contribution in [0, 0.1) is 16.7 Å². The Balaban J connectivity index is 2.53. The Hall–Kier alpha value is -0.620. The first-order valence-corrected chi connectivity index (χ1v) is 8.04. The molecule has 1 heterocycles. The zero-order chi connectivity index (χ0) is 14.0. The molecule has 0 unspecified atom stereocenters. The highest BCUT2D eigenvalue weighted by molar-refractivity contribution is 7.89. The fraction of sp³-hybridized carbons (Fsp3) is 0.917. The molecule has 6 heteroatoms. The van der Waals surface area contributed by atoms with E-state index >= 15 is 0 Å². The van der Waals surface area contributed by atoms with Gasteiger partial charge in [-0.25, -0.2) is 12.7 Å². The second-order valence-corrected chi connectivity index (χ2v) is 8.34. The van der Waals surface area contributed by atoms with Crippen molar-refractivity contribution in [2.24, 2.45) is 17.1 Å². The maximum Gasteiger partial charge on any atom is 0.214 e. The molecule has 0 amide bonds. The van der Waals surface area contributed by atoms with Crippen LogP contribution in [-0.4, -0.2) is 37.4 Å². The summed E-state index contributed by atoms with van der Waals surface area (Å²) < 4.78 is 25.9. The molecule has 1 aliphatic rings. The third-order valence-corrected chi connectivity index (χ3v) is 5.27. The van der Waals surface area contributed by atoms with Crippen molar-refractivity contribution in [2.45, 2.75) is 40.0 Å². The number of nitrogens with zero attached hydrogens (tertiary/aromatic N) is 1. The first kappa shape index (κ1) is 15.4. The topological polar surface area (TPSA) is 87.2 Å². The summed E-state index contributed by atoms with van der Waals surface area (Å²) in [5.74, 6) is 0.446. The van der Waals surface area contributed by atoms with Crippen LogP contribution in [0.2, 0.25) is 0 Å². The molecule has 3 N–H and O–H groups in total. The van der Waals surface area contributed by atoms with Crippen molar-refractivity contribution in [1.29, 1.82) is 5.41 Å². The number of nitrogens with one attached hydrogen (secondary N) is 1. The average molecular weight is 275 g/mol. The molecule has 106 valence electrons. The fourth-order valence-electron chi connectivity index (χ4n) is 2.01. The second-order valence-electron chi connectivity index (χ2n) is 6.26. The Morgan fingerprint density at radius 3 is 2.22 bits per heavy atom. The Labute approximate surface area is 110 Å². The fourth-order valence-corrected chi connectivity index (χ4v) is 3.90. The van der Waals surface area contributed by atoms with Gasteiger partial charge < -0.3 is 5.73 Å². The van der Waals surface area contributed by atoms with Gasteiger partial charge in [-0.05, 0) is 24.7 Å². The lowest BCUT2D eigenvalue weighted by Gasteiger charge is -2.31. The van der Waals surface area contributed by atoms with E-state index in [1.807, 2.05) is 20.8 Å². The van der Waals surface area contributed by atoms with Gasteiger partial charge in [-0.1, -0.05) is 20.8 Å². The van der Waals surface area contributed by atoms with E-state index in [9.17, 15) is 8.42 Å². The van der Waals surface area contributed by atoms with Crippen molar-refractivity contribution in [3.63, 3.8) is 0 Å². The summed E-state index contributed by atoms with van der Waals surface area (Å²) in [4.78, 5) is 0. The SMILES string of the molecule is CC(C)(C)CCS(=O)(=O)N1CCC(C(=N)N)CC1. The summed E-state index contributed by atoms with van der Waals surface area (Å²) in [7, 11) is -3.14. The molecule has 0 atom stereocenters. The van der Waals surface area contributed by atoms with Crippen molar-refractivity contribution < 1.29 is 8.42 Å². The molecule has 0 spiro atoms. The lowest BCUT2D eigenvalue weighted by atomic mass is 9.94. The van der Waals surface area contributed by atoms with E-state index in [2.05, 4.69) is 0 Å². The average Bonchev–Trinajstić information content (AvgIpc) is 2.26. The molecule has 0 aliphatic carbocycles. The third kappa shape index (κ3) is 4.57. The highest BCUT2D eigenvalue weighted by Crippen LogP contribution is 2.23. The van der Waals surface area contributed by atoms with Crippen LogP contribution in [0.3, 0.4) is 0 Å². The van der Waals surface area contributed by atoms with Gasteiger partial charge in [-0.3, -0.25) is 5.41 Å². The first-order valence-electron chi connectivity index (χ1n) is 6.43. The van der Waals surface area contributed by atoms with E-state index < -0.39 is 10.0 Å². The third-order valence-electron chi connectivity index (χ3n) is 3.40. The number of nitrogens with two attached hydrogens (primary N) is 1. The molecule has 0 aromatic heterocycles. The van der Waals surface area contributed by atoms with Gasteiger partial charge in [0.2, 0.25) is 10.0 Å². The van der Waals surface area contributed by atoms with Gasteiger partial charge >= 0.3 is 0 Å². The van der Waals surface area contributed by atoms with Gasteiger partial charge in [0.1, 0.15) is 0 Å². The first-order chi connectivity index (χ1) is 8.12. The molecular weight excluding hydrogens is 250 g/mol. The quantitative estimate of drug-likeness (QED) is 0.600. The molecular formula is C12H25N3O2S. The molecule has 0 saturated carbocycles. The summed E-state index contributed by atoms with van der Waals surface area (Å²) in [6, 6.07) is 0. The summed E-state index contributed by atoms with van der Waals surface area (Å²) in [5.41, 5.74) is 5.49. The summed E-state index contributed by atoms with van der Waals surface area (Å²) in [6.45, 7) is 7.13. The van der Waals surface area contributed by atoms with Gasteiger partial charge in [-0.15, -0.1) is 0 Å². The number of sulfonamides is 1. The van der Waals surface area contributed by atoms with E-state index in [4.69, 9.17) is 11.1 Å². The summed E-state index contributed by atoms with van der Waals surface area (Å²) in [6.07, 6.45) is 2.01. The maximum atomic E-state index is 12.1. The smallest absolute Gasteiger partial charge is 0.214 e. The molecule has 18 heavy (non-hydrogen) atoms. The van der Waals surface area contributed by atoms with Crippen LogP contribution in [0.25, 0.3) is 0 Å². The van der Waals surface area contributed by atoms with Crippen LogP contribution in [-0.2, 0) is 10.0 Å². The van der Waals surface area contributed by atoms with Crippen LogP contribution in [0.5, 0.6) is 0 Å². The van der Waals surface area contributed by atoms with E-state index in [0.717, 1.165) is 0 Å². The van der Waals surface area contributed by atoms with Gasteiger partial charge in [-0.2, -0.15) is 0 Å². The summed E-state index contributed by atoms with van der Waals surface area (Å²) in [5, 5.41) is 7.38. The Bertz CT molecular complexity index is 390. The number of piperidine rings is 1. The lowest BCUT2D eigenvalue weighted by Crippen LogP contribution is -2.42. The largest absolute Gasteiger partial charge is 0.387 e. The van der Waals surface area contributed by atoms with E-state index in [1.165, 1.54) is 0 Å². The van der Waals surface area contributed by atoms with Gasteiger partial charge in [0, 0.05) is 19.0 Å². The zero-order valence-corrected chi connectivity index (χ0v) is 12.4. The Kier molecular flexibility index (Phi) is 4.78. The molecule has 0 bridgehead atoms. The van der Waals surface area contributed by atoms with Gasteiger partial charge in [0.15, 0.2) is 0 Å². The molecule has 1 fully saturated rings. The zero-order valence-electron chi connectivity index (χ0n) is 11.6. The highest BCUT2D eigenvalue weighted by atomic mass is 32.2. The van der Waals surface area contributed by atoms with Crippen molar-refractivity contribution in [3.8, 4) is 0 Å². The Morgan fingerprint density at radius 2 is 1.83 bits per heavy atom. The van der Waals surface area contributed by atoms with E-state index in [-0.39, 0.29) is 22.9 Å². The van der Waals surface area contributed by atoms with Gasteiger partial charge in [0.05, 0.1) is 11.6 Å². The van der Waals surface area contributed by atoms with Crippen molar-refractivity contribution in [2.75, 3.05) is 18.8 Å². The number of amidine groups is 1. The second kappa shape index (κ2) is 5.57. The molecule has 1 rings (SSSR count). The minimum Gasteiger partial charge on any atom is -0.387 e. The van der Waals surface area contributed by atoms with Crippen LogP contribution in [0.4, 0.5) is 0 Å². The van der Waals surface area contributed by atoms with Crippen molar-refractivity contribution >= 4 is 15.9 Å². The maximum absolute atomic E-state index is 12.1. The van der Waals surface area contributed by atoms with Crippen molar-refractivity contribution in [3.05, 3.63) is 0 Å². The van der Waals surface area contributed by atoms with E-state index in [0.29, 0.717) is 32.4 Å². The number of rotatable bonds is 4.